The lowest BCUT2D eigenvalue weighted by Crippen LogP contribution is -2.52. The first kappa shape index (κ1) is 28.7. The van der Waals surface area contributed by atoms with Crippen LogP contribution in [0.25, 0.3) is 0 Å². The molecule has 8 nitrogen and oxygen atoms in total. The van der Waals surface area contributed by atoms with Gasteiger partial charge in [0.25, 0.3) is 0 Å². The van der Waals surface area contributed by atoms with E-state index in [0.29, 0.717) is 11.3 Å². The van der Waals surface area contributed by atoms with Crippen LogP contribution in [0.1, 0.15) is 44.6 Å². The number of rotatable bonds is 10. The number of methoxy groups -OCH3 is 1. The van der Waals surface area contributed by atoms with Crippen molar-refractivity contribution in [3.8, 4) is 5.75 Å². The molecule has 202 valence electrons. The third kappa shape index (κ3) is 7.82. The average Bonchev–Trinajstić information content (AvgIpc) is 2.87. The second kappa shape index (κ2) is 12.6. The van der Waals surface area contributed by atoms with Crippen molar-refractivity contribution in [1.82, 2.24) is 10.2 Å². The Morgan fingerprint density at radius 3 is 2.49 bits per heavy atom. The van der Waals surface area contributed by atoms with Gasteiger partial charge in [-0.15, -0.1) is 0 Å². The number of halogens is 2. The quantitative estimate of drug-likeness (QED) is 0.477. The van der Waals surface area contributed by atoms with E-state index in [2.05, 4.69) is 5.32 Å². The Kier molecular flexibility index (Phi) is 9.78. The molecule has 1 aliphatic carbocycles. The molecule has 11 heteroatoms. The average molecular weight is 554 g/mol. The summed E-state index contributed by atoms with van der Waals surface area (Å²) in [4.78, 5) is 28.2. The van der Waals surface area contributed by atoms with Gasteiger partial charge in [0.1, 0.15) is 24.2 Å². The summed E-state index contributed by atoms with van der Waals surface area (Å²) in [5.74, 6) is -1.03. The second-order valence-electron chi connectivity index (χ2n) is 9.26. The van der Waals surface area contributed by atoms with E-state index >= 15 is 0 Å². The number of hydrogen-bond acceptors (Lipinski definition) is 5. The largest absolute Gasteiger partial charge is 0.497 e. The maximum atomic E-state index is 13.7. The van der Waals surface area contributed by atoms with Gasteiger partial charge in [0.05, 0.1) is 24.1 Å². The van der Waals surface area contributed by atoms with Gasteiger partial charge in [-0.25, -0.2) is 12.8 Å². The number of benzene rings is 2. The summed E-state index contributed by atoms with van der Waals surface area (Å²) in [6, 6.07) is 9.67. The first-order valence-electron chi connectivity index (χ1n) is 12.1. The smallest absolute Gasteiger partial charge is 0.244 e. The SMILES string of the molecule is COc1cccc(CN(C(=O)CN(c2ccc(F)c(Cl)c2)S(C)(=O)=O)[C@@H](C)C(=O)NC2CCCCC2)c1. The minimum Gasteiger partial charge on any atom is -0.497 e. The summed E-state index contributed by atoms with van der Waals surface area (Å²) in [6.45, 7) is 1.08. The monoisotopic (exact) mass is 553 g/mol. The molecule has 0 unspecified atom stereocenters. The third-order valence-corrected chi connectivity index (χ3v) is 7.91. The van der Waals surface area contributed by atoms with E-state index in [1.165, 1.54) is 18.1 Å². The van der Waals surface area contributed by atoms with Crippen molar-refractivity contribution in [3.63, 3.8) is 0 Å². The topological polar surface area (TPSA) is 96.0 Å². The fourth-order valence-electron chi connectivity index (χ4n) is 4.37. The number of anilines is 1. The summed E-state index contributed by atoms with van der Waals surface area (Å²) in [5.41, 5.74) is 0.753. The number of carbonyl (C=O) groups is 2. The molecule has 0 saturated heterocycles. The molecule has 0 bridgehead atoms. The molecule has 1 aliphatic rings. The molecule has 2 aromatic carbocycles. The zero-order valence-corrected chi connectivity index (χ0v) is 22.8. The zero-order valence-electron chi connectivity index (χ0n) is 21.2. The highest BCUT2D eigenvalue weighted by molar-refractivity contribution is 7.92. The molecule has 3 rings (SSSR count). The highest BCUT2D eigenvalue weighted by Gasteiger charge is 2.31. The normalized spacial score (nSPS) is 15.1. The fraction of sp³-hybridized carbons (Fsp3) is 0.462. The van der Waals surface area contributed by atoms with Gasteiger partial charge in [0.2, 0.25) is 21.8 Å². The van der Waals surface area contributed by atoms with Crippen molar-refractivity contribution in [2.45, 2.75) is 57.7 Å². The van der Waals surface area contributed by atoms with Crippen LogP contribution in [0.5, 0.6) is 5.75 Å². The Balaban J connectivity index is 1.89. The summed E-state index contributed by atoms with van der Waals surface area (Å²) < 4.78 is 45.1. The molecule has 1 atom stereocenters. The molecule has 1 fully saturated rings. The van der Waals surface area contributed by atoms with Crippen LogP contribution in [0, 0.1) is 5.82 Å². The highest BCUT2D eigenvalue weighted by atomic mass is 35.5. The van der Waals surface area contributed by atoms with E-state index in [9.17, 15) is 22.4 Å². The number of nitrogens with one attached hydrogen (secondary N) is 1. The van der Waals surface area contributed by atoms with Crippen LogP contribution in [0.2, 0.25) is 5.02 Å². The molecule has 1 N–H and O–H groups in total. The molecular formula is C26H33ClFN3O5S. The maximum absolute atomic E-state index is 13.7. The number of amides is 2. The van der Waals surface area contributed by atoms with Crippen LogP contribution in [0.4, 0.5) is 10.1 Å². The first-order valence-corrected chi connectivity index (χ1v) is 14.4. The maximum Gasteiger partial charge on any atom is 0.244 e. The molecule has 1 saturated carbocycles. The van der Waals surface area contributed by atoms with Gasteiger partial charge in [0.15, 0.2) is 0 Å². The molecule has 0 heterocycles. The van der Waals surface area contributed by atoms with E-state index in [4.69, 9.17) is 16.3 Å². The van der Waals surface area contributed by atoms with Crippen LogP contribution < -0.4 is 14.4 Å². The minimum absolute atomic E-state index is 0.0443. The number of ether oxygens (including phenoxy) is 1. The van der Waals surface area contributed by atoms with Gasteiger partial charge in [-0.2, -0.15) is 0 Å². The fourth-order valence-corrected chi connectivity index (χ4v) is 5.39. The predicted molar refractivity (Wildman–Crippen MR) is 142 cm³/mol. The summed E-state index contributed by atoms with van der Waals surface area (Å²) in [5, 5.41) is 2.77. The number of hydrogen-bond donors (Lipinski definition) is 1. The van der Waals surface area contributed by atoms with E-state index in [-0.39, 0.29) is 29.2 Å². The zero-order chi connectivity index (χ0) is 27.2. The van der Waals surface area contributed by atoms with Crippen LogP contribution in [-0.4, -0.2) is 57.1 Å². The highest BCUT2D eigenvalue weighted by Crippen LogP contribution is 2.25. The van der Waals surface area contributed by atoms with Gasteiger partial charge in [-0.1, -0.05) is 43.0 Å². The van der Waals surface area contributed by atoms with Gasteiger partial charge in [-0.3, -0.25) is 13.9 Å². The van der Waals surface area contributed by atoms with Crippen molar-refractivity contribution in [1.29, 1.82) is 0 Å². The van der Waals surface area contributed by atoms with E-state index in [0.717, 1.165) is 54.8 Å². The minimum atomic E-state index is -3.94. The van der Waals surface area contributed by atoms with Crippen LogP contribution in [0.15, 0.2) is 42.5 Å². The first-order chi connectivity index (χ1) is 17.5. The predicted octanol–water partition coefficient (Wildman–Crippen LogP) is 4.12. The summed E-state index contributed by atoms with van der Waals surface area (Å²) in [7, 11) is -2.42. The Morgan fingerprint density at radius 2 is 1.86 bits per heavy atom. The van der Waals surface area contributed by atoms with E-state index in [1.807, 2.05) is 0 Å². The lowest BCUT2D eigenvalue weighted by Gasteiger charge is -2.33. The second-order valence-corrected chi connectivity index (χ2v) is 11.6. The lowest BCUT2D eigenvalue weighted by atomic mass is 9.95. The Hall–Kier alpha value is -2.85. The van der Waals surface area contributed by atoms with Crippen molar-refractivity contribution in [2.24, 2.45) is 0 Å². The molecule has 0 aliphatic heterocycles. The molecular weight excluding hydrogens is 521 g/mol. The van der Waals surface area contributed by atoms with Crippen molar-refractivity contribution in [3.05, 3.63) is 58.9 Å². The standard InChI is InChI=1S/C26H33ClFN3O5S/c1-18(26(33)29-20-9-5-4-6-10-20)30(16-19-8-7-11-22(14-19)36-2)25(32)17-31(37(3,34)35)21-12-13-24(28)23(27)15-21/h7-8,11-15,18,20H,4-6,9-10,16-17H2,1-3H3,(H,29,33)/t18-/m0/s1. The van der Waals surface area contributed by atoms with Gasteiger partial charge in [-0.05, 0) is 55.7 Å². The van der Waals surface area contributed by atoms with Gasteiger partial charge in [0, 0.05) is 12.6 Å². The van der Waals surface area contributed by atoms with Crippen molar-refractivity contribution < 1.29 is 27.1 Å². The van der Waals surface area contributed by atoms with Crippen molar-refractivity contribution >= 4 is 39.1 Å². The number of carbonyl (C=O) groups excluding carboxylic acids is 2. The van der Waals surface area contributed by atoms with Crippen molar-refractivity contribution in [2.75, 3.05) is 24.2 Å². The van der Waals surface area contributed by atoms with E-state index < -0.39 is 34.3 Å². The third-order valence-electron chi connectivity index (χ3n) is 6.48. The van der Waals surface area contributed by atoms with Gasteiger partial charge >= 0.3 is 0 Å². The Labute approximate surface area is 222 Å². The molecule has 0 spiro atoms. The number of nitrogens with zero attached hydrogens (tertiary/aromatic N) is 2. The molecule has 2 aromatic rings. The molecule has 37 heavy (non-hydrogen) atoms. The lowest BCUT2D eigenvalue weighted by molar-refractivity contribution is -0.139. The summed E-state index contributed by atoms with van der Waals surface area (Å²) >= 11 is 5.87. The number of sulfonamides is 1. The van der Waals surface area contributed by atoms with Crippen LogP contribution in [-0.2, 0) is 26.2 Å². The Morgan fingerprint density at radius 1 is 1.16 bits per heavy atom. The molecule has 2 amide bonds. The summed E-state index contributed by atoms with van der Waals surface area (Å²) in [6.07, 6.45) is 5.93. The molecule has 0 radical (unpaired) electrons. The van der Waals surface area contributed by atoms with Crippen LogP contribution in [0.3, 0.4) is 0 Å². The van der Waals surface area contributed by atoms with E-state index in [1.54, 1.807) is 31.2 Å². The molecule has 0 aromatic heterocycles. The van der Waals surface area contributed by atoms with Gasteiger partial charge < -0.3 is 15.0 Å². The van der Waals surface area contributed by atoms with Crippen LogP contribution >= 0.6 is 11.6 Å². The Bertz CT molecular complexity index is 1220.